The molecule has 3 heterocycles. The van der Waals surface area contributed by atoms with E-state index in [-0.39, 0.29) is 18.8 Å². The summed E-state index contributed by atoms with van der Waals surface area (Å²) in [4.78, 5) is 25.4. The average Bonchev–Trinajstić information content (AvgIpc) is 2.97. The highest BCUT2D eigenvalue weighted by molar-refractivity contribution is 5.80. The second-order valence-corrected chi connectivity index (χ2v) is 6.13. The van der Waals surface area contributed by atoms with Crippen molar-refractivity contribution in [2.24, 2.45) is 0 Å². The van der Waals surface area contributed by atoms with Crippen molar-refractivity contribution in [3.05, 3.63) is 52.1 Å². The SMILES string of the molecule is Cc1cc(OC2CN(C(=O)Cc3ccc4c(c3)OCO4)C2)cc(=O)o1. The van der Waals surface area contributed by atoms with E-state index in [4.69, 9.17) is 18.6 Å². The van der Waals surface area contributed by atoms with Crippen LogP contribution >= 0.6 is 0 Å². The first-order chi connectivity index (χ1) is 12.1. The second-order valence-electron chi connectivity index (χ2n) is 6.13. The van der Waals surface area contributed by atoms with Crippen molar-refractivity contribution in [3.63, 3.8) is 0 Å². The zero-order chi connectivity index (χ0) is 17.4. The topological polar surface area (TPSA) is 78.2 Å². The van der Waals surface area contributed by atoms with Crippen LogP contribution < -0.4 is 19.8 Å². The number of carbonyl (C=O) groups is 1. The molecule has 0 aliphatic carbocycles. The summed E-state index contributed by atoms with van der Waals surface area (Å²) in [6.45, 7) is 2.91. The molecule has 7 nitrogen and oxygen atoms in total. The van der Waals surface area contributed by atoms with E-state index in [0.29, 0.717) is 42.5 Å². The van der Waals surface area contributed by atoms with Gasteiger partial charge in [0.1, 0.15) is 17.6 Å². The van der Waals surface area contributed by atoms with Crippen LogP contribution in [-0.2, 0) is 11.2 Å². The Labute approximate surface area is 143 Å². The van der Waals surface area contributed by atoms with E-state index >= 15 is 0 Å². The van der Waals surface area contributed by atoms with Gasteiger partial charge in [0.25, 0.3) is 0 Å². The molecule has 1 aromatic carbocycles. The van der Waals surface area contributed by atoms with Gasteiger partial charge in [0.05, 0.1) is 25.6 Å². The molecule has 0 atom stereocenters. The van der Waals surface area contributed by atoms with Gasteiger partial charge in [-0.1, -0.05) is 6.07 Å². The predicted octanol–water partition coefficient (Wildman–Crippen LogP) is 1.51. The van der Waals surface area contributed by atoms with Gasteiger partial charge in [0.15, 0.2) is 11.5 Å². The molecule has 2 aliphatic rings. The van der Waals surface area contributed by atoms with Crippen molar-refractivity contribution in [1.29, 1.82) is 0 Å². The van der Waals surface area contributed by atoms with Crippen LogP contribution in [0, 0.1) is 6.92 Å². The van der Waals surface area contributed by atoms with Crippen molar-refractivity contribution < 1.29 is 23.4 Å². The summed E-state index contributed by atoms with van der Waals surface area (Å²) in [5.74, 6) is 2.38. The van der Waals surface area contributed by atoms with Crippen LogP contribution in [0.15, 0.2) is 39.5 Å². The molecule has 0 radical (unpaired) electrons. The zero-order valence-corrected chi connectivity index (χ0v) is 13.7. The summed E-state index contributed by atoms with van der Waals surface area (Å²) < 4.78 is 21.2. The van der Waals surface area contributed by atoms with E-state index < -0.39 is 5.63 Å². The number of nitrogens with zero attached hydrogens (tertiary/aromatic N) is 1. The average molecular weight is 343 g/mol. The first-order valence-electron chi connectivity index (χ1n) is 8.01. The van der Waals surface area contributed by atoms with Crippen molar-refractivity contribution in [2.45, 2.75) is 19.4 Å². The lowest BCUT2D eigenvalue weighted by Gasteiger charge is -2.39. The number of aryl methyl sites for hydroxylation is 1. The van der Waals surface area contributed by atoms with E-state index in [1.807, 2.05) is 18.2 Å². The maximum absolute atomic E-state index is 12.3. The normalized spacial score (nSPS) is 15.8. The van der Waals surface area contributed by atoms with E-state index in [0.717, 1.165) is 5.56 Å². The van der Waals surface area contributed by atoms with Gasteiger partial charge in [-0.2, -0.15) is 0 Å². The molecule has 25 heavy (non-hydrogen) atoms. The second kappa shape index (κ2) is 6.16. The third kappa shape index (κ3) is 3.31. The lowest BCUT2D eigenvalue weighted by Crippen LogP contribution is -2.56. The number of ether oxygens (including phenoxy) is 3. The van der Waals surface area contributed by atoms with Crippen LogP contribution in [0.2, 0.25) is 0 Å². The number of fused-ring (bicyclic) bond motifs is 1. The molecule has 2 aromatic rings. The van der Waals surface area contributed by atoms with Crippen molar-refractivity contribution in [2.75, 3.05) is 19.9 Å². The van der Waals surface area contributed by atoms with Gasteiger partial charge in [0.2, 0.25) is 12.7 Å². The lowest BCUT2D eigenvalue weighted by molar-refractivity contribution is -0.139. The molecular weight excluding hydrogens is 326 g/mol. The number of likely N-dealkylation sites (tertiary alicyclic amines) is 1. The van der Waals surface area contributed by atoms with Crippen LogP contribution in [0.4, 0.5) is 0 Å². The molecule has 1 saturated heterocycles. The molecule has 0 N–H and O–H groups in total. The molecular formula is C18H17NO6. The lowest BCUT2D eigenvalue weighted by atomic mass is 10.1. The highest BCUT2D eigenvalue weighted by Crippen LogP contribution is 2.32. The number of rotatable bonds is 4. The molecule has 7 heteroatoms. The summed E-state index contributed by atoms with van der Waals surface area (Å²) in [6, 6.07) is 8.49. The molecule has 130 valence electrons. The van der Waals surface area contributed by atoms with E-state index in [1.165, 1.54) is 6.07 Å². The number of hydrogen-bond donors (Lipinski definition) is 0. The Morgan fingerprint density at radius 3 is 2.80 bits per heavy atom. The molecule has 1 aromatic heterocycles. The summed E-state index contributed by atoms with van der Waals surface area (Å²) in [5.41, 5.74) is 0.444. The summed E-state index contributed by atoms with van der Waals surface area (Å²) >= 11 is 0. The third-order valence-electron chi connectivity index (χ3n) is 4.16. The van der Waals surface area contributed by atoms with Crippen LogP contribution in [0.25, 0.3) is 0 Å². The molecule has 4 rings (SSSR count). The minimum Gasteiger partial charge on any atom is -0.486 e. The smallest absolute Gasteiger partial charge is 0.339 e. The standard InChI is InChI=1S/C18H17NO6/c1-11-4-13(7-18(21)24-11)25-14-8-19(9-14)17(20)6-12-2-3-15-16(5-12)23-10-22-15/h2-5,7,14H,6,8-10H2,1H3. The summed E-state index contributed by atoms with van der Waals surface area (Å²) in [7, 11) is 0. The maximum Gasteiger partial charge on any atom is 0.339 e. The molecule has 1 amide bonds. The van der Waals surface area contributed by atoms with Gasteiger partial charge < -0.3 is 23.5 Å². The zero-order valence-electron chi connectivity index (χ0n) is 13.7. The van der Waals surface area contributed by atoms with E-state index in [2.05, 4.69) is 0 Å². The van der Waals surface area contributed by atoms with Gasteiger partial charge >= 0.3 is 5.63 Å². The van der Waals surface area contributed by atoms with E-state index in [9.17, 15) is 9.59 Å². The molecule has 0 unspecified atom stereocenters. The highest BCUT2D eigenvalue weighted by atomic mass is 16.7. The maximum atomic E-state index is 12.3. The molecule has 1 fully saturated rings. The van der Waals surface area contributed by atoms with Crippen molar-refractivity contribution in [1.82, 2.24) is 4.90 Å². The summed E-state index contributed by atoms with van der Waals surface area (Å²) in [6.07, 6.45) is 0.194. The van der Waals surface area contributed by atoms with Crippen molar-refractivity contribution in [3.8, 4) is 17.2 Å². The number of benzene rings is 1. The molecule has 0 saturated carbocycles. The minimum absolute atomic E-state index is 0.0301. The molecule has 0 bridgehead atoms. The Bertz CT molecular complexity index is 868. The number of amides is 1. The van der Waals surface area contributed by atoms with Crippen LogP contribution in [0.3, 0.4) is 0 Å². The van der Waals surface area contributed by atoms with Crippen LogP contribution in [0.5, 0.6) is 17.2 Å². The highest BCUT2D eigenvalue weighted by Gasteiger charge is 2.32. The Balaban J connectivity index is 1.31. The predicted molar refractivity (Wildman–Crippen MR) is 87.0 cm³/mol. The fourth-order valence-corrected chi connectivity index (χ4v) is 2.89. The van der Waals surface area contributed by atoms with Gasteiger partial charge in [-0.05, 0) is 24.6 Å². The Hall–Kier alpha value is -2.96. The first kappa shape index (κ1) is 15.6. The fourth-order valence-electron chi connectivity index (χ4n) is 2.89. The van der Waals surface area contributed by atoms with Gasteiger partial charge in [-0.3, -0.25) is 4.79 Å². The van der Waals surface area contributed by atoms with Crippen molar-refractivity contribution >= 4 is 5.91 Å². The van der Waals surface area contributed by atoms with Gasteiger partial charge in [-0.15, -0.1) is 0 Å². The minimum atomic E-state index is -0.440. The largest absolute Gasteiger partial charge is 0.486 e. The van der Waals surface area contributed by atoms with Gasteiger partial charge in [0, 0.05) is 6.07 Å². The Morgan fingerprint density at radius 2 is 2.00 bits per heavy atom. The first-order valence-corrected chi connectivity index (χ1v) is 8.01. The molecule has 2 aliphatic heterocycles. The Morgan fingerprint density at radius 1 is 1.20 bits per heavy atom. The Kier molecular flexibility index (Phi) is 3.83. The van der Waals surface area contributed by atoms with Gasteiger partial charge in [-0.25, -0.2) is 4.79 Å². The third-order valence-corrected chi connectivity index (χ3v) is 4.16. The van der Waals surface area contributed by atoms with Crippen LogP contribution in [0.1, 0.15) is 11.3 Å². The monoisotopic (exact) mass is 343 g/mol. The van der Waals surface area contributed by atoms with Crippen LogP contribution in [-0.4, -0.2) is 36.8 Å². The number of carbonyl (C=O) groups excluding carboxylic acids is 1. The summed E-state index contributed by atoms with van der Waals surface area (Å²) in [5, 5.41) is 0. The quantitative estimate of drug-likeness (QED) is 0.837. The number of hydrogen-bond acceptors (Lipinski definition) is 6. The molecule has 0 spiro atoms. The van der Waals surface area contributed by atoms with E-state index in [1.54, 1.807) is 17.9 Å². The fraction of sp³-hybridized carbons (Fsp3) is 0.333.